The van der Waals surface area contributed by atoms with Crippen LogP contribution in [0.5, 0.6) is 0 Å². The highest BCUT2D eigenvalue weighted by atomic mass is 16.1. The van der Waals surface area contributed by atoms with E-state index in [1.54, 1.807) is 0 Å². The van der Waals surface area contributed by atoms with Gasteiger partial charge in [-0.1, -0.05) is 18.2 Å². The Balaban J connectivity index is 1.85. The van der Waals surface area contributed by atoms with Gasteiger partial charge in [0.2, 0.25) is 5.91 Å². The van der Waals surface area contributed by atoms with Gasteiger partial charge in [-0.05, 0) is 38.7 Å². The highest BCUT2D eigenvalue weighted by Crippen LogP contribution is 2.17. The fraction of sp³-hybridized carbons (Fsp3) is 0.400. The number of hydrogen-bond donors (Lipinski definition) is 2. The molecular weight excluding hydrogens is 238 g/mol. The number of nitrogens with zero attached hydrogens (tertiary/aromatic N) is 1. The topological polar surface area (TPSA) is 48.1 Å². The van der Waals surface area contributed by atoms with E-state index in [4.69, 9.17) is 0 Å². The van der Waals surface area contributed by atoms with Crippen LogP contribution in [-0.4, -0.2) is 43.0 Å². The van der Waals surface area contributed by atoms with Crippen LogP contribution in [0.1, 0.15) is 12.0 Å². The summed E-state index contributed by atoms with van der Waals surface area (Å²) in [6, 6.07) is 8.05. The Hall–Kier alpha value is -1.81. The summed E-state index contributed by atoms with van der Waals surface area (Å²) in [5.41, 5.74) is 2.14. The Morgan fingerprint density at radius 1 is 1.32 bits per heavy atom. The minimum atomic E-state index is 0.0866. The van der Waals surface area contributed by atoms with Gasteiger partial charge < -0.3 is 15.2 Å². The first kappa shape index (κ1) is 13.6. The first-order chi connectivity index (χ1) is 9.16. The molecule has 0 saturated carbocycles. The molecule has 0 spiro atoms. The largest absolute Gasteiger partial charge is 0.361 e. The monoisotopic (exact) mass is 259 g/mol. The Labute approximate surface area is 113 Å². The molecule has 1 amide bonds. The summed E-state index contributed by atoms with van der Waals surface area (Å²) in [4.78, 5) is 17.2. The van der Waals surface area contributed by atoms with Crippen LogP contribution in [0.3, 0.4) is 0 Å². The van der Waals surface area contributed by atoms with Gasteiger partial charge in [0.15, 0.2) is 0 Å². The molecule has 4 heteroatoms. The fourth-order valence-electron chi connectivity index (χ4n) is 2.14. The Kier molecular flexibility index (Phi) is 4.58. The van der Waals surface area contributed by atoms with Crippen molar-refractivity contribution in [2.45, 2.75) is 12.8 Å². The van der Waals surface area contributed by atoms with Crippen molar-refractivity contribution in [3.8, 4) is 0 Å². The average molecular weight is 259 g/mol. The van der Waals surface area contributed by atoms with E-state index in [9.17, 15) is 4.79 Å². The highest BCUT2D eigenvalue weighted by molar-refractivity contribution is 5.88. The number of nitrogens with one attached hydrogen (secondary N) is 2. The second-order valence-corrected chi connectivity index (χ2v) is 5.04. The molecule has 1 aromatic carbocycles. The van der Waals surface area contributed by atoms with Crippen LogP contribution >= 0.6 is 0 Å². The zero-order valence-corrected chi connectivity index (χ0v) is 11.6. The second kappa shape index (κ2) is 6.38. The molecule has 0 radical (unpaired) electrons. The van der Waals surface area contributed by atoms with Crippen LogP contribution < -0.4 is 5.32 Å². The van der Waals surface area contributed by atoms with Crippen molar-refractivity contribution in [2.75, 3.05) is 27.2 Å². The summed E-state index contributed by atoms with van der Waals surface area (Å²) in [5.74, 6) is 0.0866. The summed E-state index contributed by atoms with van der Waals surface area (Å²) in [5, 5.41) is 4.09. The number of aromatic amines is 1. The molecule has 0 aliphatic heterocycles. The predicted octanol–water partition coefficient (Wildman–Crippen LogP) is 1.78. The number of H-pyrrole nitrogens is 1. The molecule has 0 aliphatic carbocycles. The van der Waals surface area contributed by atoms with E-state index >= 15 is 0 Å². The van der Waals surface area contributed by atoms with E-state index in [1.807, 2.05) is 44.6 Å². The van der Waals surface area contributed by atoms with Crippen LogP contribution in [-0.2, 0) is 11.2 Å². The quantitative estimate of drug-likeness (QED) is 0.777. The Morgan fingerprint density at radius 3 is 2.89 bits per heavy atom. The van der Waals surface area contributed by atoms with E-state index < -0.39 is 0 Å². The SMILES string of the molecule is CN(C)CCCNC(=O)Cc1c[nH]c2ccccc12. The van der Waals surface area contributed by atoms with Crippen molar-refractivity contribution in [2.24, 2.45) is 0 Å². The molecule has 1 heterocycles. The van der Waals surface area contributed by atoms with E-state index in [-0.39, 0.29) is 5.91 Å². The highest BCUT2D eigenvalue weighted by Gasteiger charge is 2.07. The van der Waals surface area contributed by atoms with Gasteiger partial charge in [0.25, 0.3) is 0 Å². The van der Waals surface area contributed by atoms with Crippen LogP contribution in [0.25, 0.3) is 10.9 Å². The molecule has 2 aromatic rings. The summed E-state index contributed by atoms with van der Waals surface area (Å²) < 4.78 is 0. The molecule has 0 aliphatic rings. The van der Waals surface area contributed by atoms with Crippen molar-refractivity contribution in [3.05, 3.63) is 36.0 Å². The average Bonchev–Trinajstić information content (AvgIpc) is 2.78. The lowest BCUT2D eigenvalue weighted by Crippen LogP contribution is -2.28. The van der Waals surface area contributed by atoms with Gasteiger partial charge in [0.05, 0.1) is 6.42 Å². The maximum absolute atomic E-state index is 11.9. The molecule has 0 fully saturated rings. The number of carbonyl (C=O) groups is 1. The number of benzene rings is 1. The molecule has 0 atom stereocenters. The molecule has 0 unspecified atom stereocenters. The number of fused-ring (bicyclic) bond motifs is 1. The minimum absolute atomic E-state index is 0.0866. The first-order valence-corrected chi connectivity index (χ1v) is 6.63. The van der Waals surface area contributed by atoms with E-state index in [1.165, 1.54) is 0 Å². The van der Waals surface area contributed by atoms with Gasteiger partial charge in [0.1, 0.15) is 0 Å². The summed E-state index contributed by atoms with van der Waals surface area (Å²) in [7, 11) is 4.07. The molecule has 102 valence electrons. The number of para-hydroxylation sites is 1. The third-order valence-electron chi connectivity index (χ3n) is 3.13. The normalized spacial score (nSPS) is 11.1. The van der Waals surface area contributed by atoms with Gasteiger partial charge in [-0.25, -0.2) is 0 Å². The van der Waals surface area contributed by atoms with Crippen LogP contribution in [0, 0.1) is 0 Å². The van der Waals surface area contributed by atoms with Crippen molar-refractivity contribution in [1.82, 2.24) is 15.2 Å². The number of hydrogen-bond acceptors (Lipinski definition) is 2. The molecular formula is C15H21N3O. The fourth-order valence-corrected chi connectivity index (χ4v) is 2.14. The predicted molar refractivity (Wildman–Crippen MR) is 78.2 cm³/mol. The number of amides is 1. The number of aromatic nitrogens is 1. The second-order valence-electron chi connectivity index (χ2n) is 5.04. The molecule has 19 heavy (non-hydrogen) atoms. The van der Waals surface area contributed by atoms with Crippen LogP contribution in [0.15, 0.2) is 30.5 Å². The molecule has 2 rings (SSSR count). The van der Waals surface area contributed by atoms with Crippen molar-refractivity contribution >= 4 is 16.8 Å². The van der Waals surface area contributed by atoms with E-state index in [0.29, 0.717) is 6.42 Å². The Morgan fingerprint density at radius 2 is 2.11 bits per heavy atom. The number of carbonyl (C=O) groups excluding carboxylic acids is 1. The smallest absolute Gasteiger partial charge is 0.224 e. The van der Waals surface area contributed by atoms with Crippen molar-refractivity contribution < 1.29 is 4.79 Å². The number of rotatable bonds is 6. The van der Waals surface area contributed by atoms with E-state index in [0.717, 1.165) is 36.0 Å². The lowest BCUT2D eigenvalue weighted by molar-refractivity contribution is -0.120. The molecule has 4 nitrogen and oxygen atoms in total. The lowest BCUT2D eigenvalue weighted by Gasteiger charge is -2.09. The van der Waals surface area contributed by atoms with Gasteiger partial charge >= 0.3 is 0 Å². The summed E-state index contributed by atoms with van der Waals surface area (Å²) >= 11 is 0. The molecule has 1 aromatic heterocycles. The zero-order valence-electron chi connectivity index (χ0n) is 11.6. The van der Waals surface area contributed by atoms with Gasteiger partial charge in [-0.15, -0.1) is 0 Å². The van der Waals surface area contributed by atoms with Gasteiger partial charge in [0, 0.05) is 23.6 Å². The zero-order chi connectivity index (χ0) is 13.7. The van der Waals surface area contributed by atoms with Crippen LogP contribution in [0.2, 0.25) is 0 Å². The molecule has 0 bridgehead atoms. The summed E-state index contributed by atoms with van der Waals surface area (Å²) in [6.45, 7) is 1.73. The standard InChI is InChI=1S/C15H21N3O/c1-18(2)9-5-8-16-15(19)10-12-11-17-14-7-4-3-6-13(12)14/h3-4,6-7,11,17H,5,8-10H2,1-2H3,(H,16,19). The minimum Gasteiger partial charge on any atom is -0.361 e. The van der Waals surface area contributed by atoms with E-state index in [2.05, 4.69) is 15.2 Å². The Bertz CT molecular complexity index is 545. The third-order valence-corrected chi connectivity index (χ3v) is 3.13. The summed E-state index contributed by atoms with van der Waals surface area (Å²) in [6.07, 6.45) is 3.34. The van der Waals surface area contributed by atoms with Crippen molar-refractivity contribution in [3.63, 3.8) is 0 Å². The maximum Gasteiger partial charge on any atom is 0.224 e. The van der Waals surface area contributed by atoms with Gasteiger partial charge in [-0.3, -0.25) is 4.79 Å². The van der Waals surface area contributed by atoms with Crippen LogP contribution in [0.4, 0.5) is 0 Å². The lowest BCUT2D eigenvalue weighted by atomic mass is 10.1. The molecule has 2 N–H and O–H groups in total. The maximum atomic E-state index is 11.9. The van der Waals surface area contributed by atoms with Crippen molar-refractivity contribution in [1.29, 1.82) is 0 Å². The third kappa shape index (κ3) is 3.83. The first-order valence-electron chi connectivity index (χ1n) is 6.63. The van der Waals surface area contributed by atoms with Gasteiger partial charge in [-0.2, -0.15) is 0 Å². The molecule has 0 saturated heterocycles.